The van der Waals surface area contributed by atoms with Crippen molar-refractivity contribution in [3.63, 3.8) is 0 Å². The molecule has 0 bridgehead atoms. The van der Waals surface area contributed by atoms with Gasteiger partial charge in [0.05, 0.1) is 25.7 Å². The highest BCUT2D eigenvalue weighted by molar-refractivity contribution is 8.18. The third kappa shape index (κ3) is 8.97. The van der Waals surface area contributed by atoms with Crippen LogP contribution in [0.4, 0.5) is 4.79 Å². The molecule has 11 heteroatoms. The molecule has 1 aromatic carbocycles. The number of carbonyl (C=O) groups is 5. The van der Waals surface area contributed by atoms with Crippen molar-refractivity contribution < 1.29 is 38.2 Å². The second-order valence-electron chi connectivity index (χ2n) is 6.98. The fourth-order valence-electron chi connectivity index (χ4n) is 2.83. The van der Waals surface area contributed by atoms with Crippen LogP contribution in [0.15, 0.2) is 29.2 Å². The normalized spacial score (nSPS) is 15.0. The van der Waals surface area contributed by atoms with Crippen molar-refractivity contribution in [3.05, 3.63) is 34.7 Å². The van der Waals surface area contributed by atoms with Crippen LogP contribution in [0, 0.1) is 0 Å². The van der Waals surface area contributed by atoms with Crippen LogP contribution in [0.5, 0.6) is 5.75 Å². The molecule has 1 fully saturated rings. The predicted octanol–water partition coefficient (Wildman–Crippen LogP) is 2.17. The van der Waals surface area contributed by atoms with Crippen molar-refractivity contribution in [2.24, 2.45) is 0 Å². The van der Waals surface area contributed by atoms with E-state index in [4.69, 9.17) is 4.74 Å². The molecule has 0 spiro atoms. The van der Waals surface area contributed by atoms with Gasteiger partial charge in [-0.05, 0) is 54.8 Å². The Hall–Kier alpha value is -3.34. The van der Waals surface area contributed by atoms with Gasteiger partial charge in [0.25, 0.3) is 11.1 Å². The Labute approximate surface area is 195 Å². The zero-order valence-electron chi connectivity index (χ0n) is 18.4. The van der Waals surface area contributed by atoms with Gasteiger partial charge < -0.3 is 19.5 Å². The van der Waals surface area contributed by atoms with Gasteiger partial charge in [-0.2, -0.15) is 0 Å². The van der Waals surface area contributed by atoms with E-state index < -0.39 is 23.9 Å². The monoisotopic (exact) mass is 478 g/mol. The fraction of sp³-hybridized carbons (Fsp3) is 0.409. The number of nitrogens with one attached hydrogen (secondary N) is 2. The molecule has 0 saturated carbocycles. The first-order chi connectivity index (χ1) is 15.8. The van der Waals surface area contributed by atoms with Gasteiger partial charge in [0, 0.05) is 12.8 Å². The van der Waals surface area contributed by atoms with Crippen molar-refractivity contribution in [2.75, 3.05) is 20.8 Å². The Kier molecular flexibility index (Phi) is 10.4. The minimum absolute atomic E-state index is 0.00949. The van der Waals surface area contributed by atoms with E-state index in [1.54, 1.807) is 30.3 Å². The maximum atomic E-state index is 12.1. The summed E-state index contributed by atoms with van der Waals surface area (Å²) in [5.74, 6) is -1.18. The van der Waals surface area contributed by atoms with Gasteiger partial charge in [0.15, 0.2) is 0 Å². The number of hydrogen-bond donors (Lipinski definition) is 2. The highest BCUT2D eigenvalue weighted by Gasteiger charge is 2.25. The summed E-state index contributed by atoms with van der Waals surface area (Å²) in [5.41, 5.74) is 0.763. The van der Waals surface area contributed by atoms with Gasteiger partial charge in [-0.15, -0.1) is 0 Å². The molecule has 0 aliphatic carbocycles. The lowest BCUT2D eigenvalue weighted by Gasteiger charge is -2.16. The maximum absolute atomic E-state index is 12.1. The smallest absolute Gasteiger partial charge is 0.328 e. The first-order valence-corrected chi connectivity index (χ1v) is 11.1. The molecule has 0 aromatic heterocycles. The Balaban J connectivity index is 1.69. The van der Waals surface area contributed by atoms with Crippen molar-refractivity contribution in [2.45, 2.75) is 38.1 Å². The molecule has 3 amide bonds. The number of carbonyl (C=O) groups excluding carboxylic acids is 5. The Morgan fingerprint density at radius 3 is 2.39 bits per heavy atom. The highest BCUT2D eigenvalue weighted by Crippen LogP contribution is 2.26. The second-order valence-corrected chi connectivity index (χ2v) is 8.00. The molecule has 2 rings (SSSR count). The SMILES string of the molecule is COC(=O)CC[C@@H](NC(=O)CCCCOc1ccc(/C=C2\SC(=O)NC2=O)cc1)C(=O)OC. The number of methoxy groups -OCH3 is 2. The predicted molar refractivity (Wildman–Crippen MR) is 120 cm³/mol. The molecule has 0 unspecified atom stereocenters. The van der Waals surface area contributed by atoms with E-state index in [0.29, 0.717) is 30.1 Å². The summed E-state index contributed by atoms with van der Waals surface area (Å²) in [6.45, 7) is 0.392. The van der Waals surface area contributed by atoms with Crippen LogP contribution in [-0.4, -0.2) is 55.9 Å². The number of amides is 3. The van der Waals surface area contributed by atoms with Gasteiger partial charge >= 0.3 is 11.9 Å². The summed E-state index contributed by atoms with van der Waals surface area (Å²) in [7, 11) is 2.46. The van der Waals surface area contributed by atoms with E-state index in [9.17, 15) is 24.0 Å². The fourth-order valence-corrected chi connectivity index (χ4v) is 3.51. The average molecular weight is 479 g/mol. The van der Waals surface area contributed by atoms with Gasteiger partial charge in [0.1, 0.15) is 11.8 Å². The molecule has 2 N–H and O–H groups in total. The molecule has 1 atom stereocenters. The number of thioether (sulfide) groups is 1. The van der Waals surface area contributed by atoms with E-state index in [0.717, 1.165) is 17.3 Å². The first-order valence-electron chi connectivity index (χ1n) is 10.2. The largest absolute Gasteiger partial charge is 0.494 e. The Morgan fingerprint density at radius 1 is 1.06 bits per heavy atom. The summed E-state index contributed by atoms with van der Waals surface area (Å²) >= 11 is 0.857. The molecule has 1 saturated heterocycles. The summed E-state index contributed by atoms with van der Waals surface area (Å²) < 4.78 is 14.9. The molecular weight excluding hydrogens is 452 g/mol. The van der Waals surface area contributed by atoms with Gasteiger partial charge in [-0.1, -0.05) is 12.1 Å². The molecule has 10 nitrogen and oxygen atoms in total. The standard InChI is InChI=1S/C22H26N2O8S/c1-30-19(26)11-10-16(21(28)31-2)23-18(25)5-3-4-12-32-15-8-6-14(7-9-15)13-17-20(27)24-22(29)33-17/h6-9,13,16H,3-5,10-12H2,1-2H3,(H,23,25)(H,24,27,29)/b17-13-/t16-/m1/s1. The quantitative estimate of drug-likeness (QED) is 0.263. The van der Waals surface area contributed by atoms with Crippen LogP contribution in [0.25, 0.3) is 6.08 Å². The Morgan fingerprint density at radius 2 is 1.79 bits per heavy atom. The molecule has 1 aliphatic rings. The van der Waals surface area contributed by atoms with E-state index >= 15 is 0 Å². The molecule has 1 aliphatic heterocycles. The topological polar surface area (TPSA) is 137 Å². The number of hydrogen-bond acceptors (Lipinski definition) is 9. The van der Waals surface area contributed by atoms with Gasteiger partial charge in [0.2, 0.25) is 5.91 Å². The van der Waals surface area contributed by atoms with Crippen molar-refractivity contribution in [1.82, 2.24) is 10.6 Å². The molecular formula is C22H26N2O8S. The summed E-state index contributed by atoms with van der Waals surface area (Å²) in [4.78, 5) is 58.3. The molecule has 1 aromatic rings. The van der Waals surface area contributed by atoms with E-state index in [-0.39, 0.29) is 30.4 Å². The highest BCUT2D eigenvalue weighted by atomic mass is 32.2. The zero-order chi connectivity index (χ0) is 24.2. The van der Waals surface area contributed by atoms with Gasteiger partial charge in [-0.3, -0.25) is 24.5 Å². The average Bonchev–Trinajstić information content (AvgIpc) is 3.12. The number of imide groups is 1. The van der Waals surface area contributed by atoms with Crippen LogP contribution in [-0.2, 0) is 28.7 Å². The number of benzene rings is 1. The lowest BCUT2D eigenvalue weighted by molar-refractivity contribution is -0.146. The minimum atomic E-state index is -0.904. The van der Waals surface area contributed by atoms with Gasteiger partial charge in [-0.25, -0.2) is 4.79 Å². The van der Waals surface area contributed by atoms with Crippen LogP contribution in [0.1, 0.15) is 37.7 Å². The lowest BCUT2D eigenvalue weighted by atomic mass is 10.1. The summed E-state index contributed by atoms with van der Waals surface area (Å²) in [6.07, 6.45) is 3.07. The van der Waals surface area contributed by atoms with Crippen molar-refractivity contribution >= 4 is 46.8 Å². The number of esters is 2. The third-order valence-electron chi connectivity index (χ3n) is 4.57. The van der Waals surface area contributed by atoms with E-state index in [2.05, 4.69) is 20.1 Å². The van der Waals surface area contributed by atoms with Crippen molar-refractivity contribution in [3.8, 4) is 5.75 Å². The number of unbranched alkanes of at least 4 members (excludes halogenated alkanes) is 1. The van der Waals surface area contributed by atoms with Crippen LogP contribution in [0.2, 0.25) is 0 Å². The van der Waals surface area contributed by atoms with E-state index in [1.807, 2.05) is 0 Å². The van der Waals surface area contributed by atoms with Crippen LogP contribution < -0.4 is 15.4 Å². The summed E-state index contributed by atoms with van der Waals surface area (Å²) in [5, 5.41) is 4.39. The second kappa shape index (κ2) is 13.3. The maximum Gasteiger partial charge on any atom is 0.328 e. The van der Waals surface area contributed by atoms with E-state index in [1.165, 1.54) is 14.2 Å². The Bertz CT molecular complexity index is 913. The molecule has 178 valence electrons. The van der Waals surface area contributed by atoms with Crippen molar-refractivity contribution in [1.29, 1.82) is 0 Å². The minimum Gasteiger partial charge on any atom is -0.494 e. The number of rotatable bonds is 12. The lowest BCUT2D eigenvalue weighted by Crippen LogP contribution is -2.41. The first kappa shape index (κ1) is 25.9. The number of ether oxygens (including phenoxy) is 3. The molecule has 33 heavy (non-hydrogen) atoms. The summed E-state index contributed by atoms with van der Waals surface area (Å²) in [6, 6.07) is 6.14. The van der Waals surface area contributed by atoms with Crippen LogP contribution in [0.3, 0.4) is 0 Å². The van der Waals surface area contributed by atoms with Crippen LogP contribution >= 0.6 is 11.8 Å². The third-order valence-corrected chi connectivity index (χ3v) is 5.38. The molecule has 0 radical (unpaired) electrons. The molecule has 1 heterocycles. The zero-order valence-corrected chi connectivity index (χ0v) is 19.2.